The zero-order valence-corrected chi connectivity index (χ0v) is 10.6. The van der Waals surface area contributed by atoms with Gasteiger partial charge in [0.15, 0.2) is 0 Å². The minimum absolute atomic E-state index is 0. The van der Waals surface area contributed by atoms with Crippen molar-refractivity contribution in [2.75, 3.05) is 0 Å². The summed E-state index contributed by atoms with van der Waals surface area (Å²) in [5, 5.41) is 7.05. The summed E-state index contributed by atoms with van der Waals surface area (Å²) < 4.78 is 18.2. The second-order valence-corrected chi connectivity index (χ2v) is 2.86. The SMILES string of the molecule is CCc1ccc(-c2nn[c-]o2)cc1F.[Cf]. The van der Waals surface area contributed by atoms with Gasteiger partial charge in [-0.3, -0.25) is 0 Å². The summed E-state index contributed by atoms with van der Waals surface area (Å²) in [6.45, 7) is 1.90. The first-order valence-electron chi connectivity index (χ1n) is 4.29. The summed E-state index contributed by atoms with van der Waals surface area (Å²) in [6, 6.07) is 4.86. The average Bonchev–Trinajstić information content (AvgIpc) is 2.70. The monoisotopic (exact) mass is 440 g/mol. The molecule has 3 nitrogen and oxygen atoms in total. The van der Waals surface area contributed by atoms with Crippen LogP contribution in [-0.4, -0.2) is 10.2 Å². The van der Waals surface area contributed by atoms with Crippen molar-refractivity contribution in [2.45, 2.75) is 13.3 Å². The number of aromatic nitrogens is 2. The first kappa shape index (κ1) is 10.4. The van der Waals surface area contributed by atoms with Gasteiger partial charge in [0.1, 0.15) is 5.82 Å². The number of halogens is 1. The second-order valence-electron chi connectivity index (χ2n) is 2.86. The van der Waals surface area contributed by atoms with E-state index in [-0.39, 0.29) is 11.7 Å². The van der Waals surface area contributed by atoms with Crippen molar-refractivity contribution in [3.8, 4) is 11.5 Å². The van der Waals surface area contributed by atoms with Gasteiger partial charge in [0.2, 0.25) is 0 Å². The first-order valence-corrected chi connectivity index (χ1v) is 4.29. The molecule has 0 aliphatic carbocycles. The fourth-order valence-corrected chi connectivity index (χ4v) is 1.23. The van der Waals surface area contributed by atoms with E-state index in [0.717, 1.165) is 0 Å². The van der Waals surface area contributed by atoms with E-state index in [4.69, 9.17) is 4.42 Å². The standard InChI is InChI=1S/C10H8FN2O.Cf/c1-2-7-3-4-8(5-9(7)11)10-13-12-6-14-10;/h3-5H,2H2,1H3;/q-1;. The van der Waals surface area contributed by atoms with Crippen LogP contribution < -0.4 is 0 Å². The van der Waals surface area contributed by atoms with Gasteiger partial charge in [-0.15, -0.1) is 0 Å². The molecule has 0 saturated heterocycles. The van der Waals surface area contributed by atoms with Gasteiger partial charge in [-0.1, -0.05) is 19.1 Å². The third kappa shape index (κ3) is 1.80. The van der Waals surface area contributed by atoms with Crippen LogP contribution >= 0.6 is 0 Å². The van der Waals surface area contributed by atoms with Crippen LogP contribution in [0.1, 0.15) is 12.5 Å². The van der Waals surface area contributed by atoms with Crippen molar-refractivity contribution in [1.82, 2.24) is 10.2 Å². The fourth-order valence-electron chi connectivity index (χ4n) is 1.23. The first-order chi connectivity index (χ1) is 6.81. The van der Waals surface area contributed by atoms with E-state index in [0.29, 0.717) is 17.5 Å². The molecule has 0 aliphatic heterocycles. The Morgan fingerprint density at radius 3 is 2.80 bits per heavy atom. The Balaban J connectivity index is 0.00000112. The number of aryl methyl sites for hydroxylation is 1. The molecule has 5 heteroatoms. The van der Waals surface area contributed by atoms with Crippen LogP contribution in [0.5, 0.6) is 0 Å². The topological polar surface area (TPSA) is 38.9 Å². The van der Waals surface area contributed by atoms with Crippen molar-refractivity contribution in [2.24, 2.45) is 0 Å². The average molecular weight is 442 g/mol. The molecular formula is C10H8CfFN2O-. The molecule has 1 aromatic carbocycles. The van der Waals surface area contributed by atoms with Crippen LogP contribution in [0.25, 0.3) is 11.5 Å². The van der Waals surface area contributed by atoms with Crippen LogP contribution in [-0.2, 0) is 6.42 Å². The predicted octanol–water partition coefficient (Wildman–Crippen LogP) is 2.24. The third-order valence-corrected chi connectivity index (χ3v) is 2.00. The van der Waals surface area contributed by atoms with Gasteiger partial charge in [0.25, 0.3) is 0 Å². The molecule has 0 bridgehead atoms. The Bertz CT molecular complexity index is 431. The molecule has 0 saturated carbocycles. The normalized spacial score (nSPS) is 9.73. The number of hydrogen-bond donors (Lipinski definition) is 0. The van der Waals surface area contributed by atoms with Gasteiger partial charge in [-0.25, -0.2) is 14.6 Å². The van der Waals surface area contributed by atoms with Crippen LogP contribution in [0.15, 0.2) is 22.6 Å². The molecular weight excluding hydrogens is 434 g/mol. The molecule has 0 radical (unpaired) electrons. The largest absolute Gasteiger partial charge is 0.609 e. The predicted molar refractivity (Wildman–Crippen MR) is 47.9 cm³/mol. The summed E-state index contributed by atoms with van der Waals surface area (Å²) in [7, 11) is 0. The molecule has 0 fully saturated rings. The van der Waals surface area contributed by atoms with E-state index in [1.165, 1.54) is 6.07 Å². The number of nitrogens with zero attached hydrogens (tertiary/aromatic N) is 2. The Labute approximate surface area is 80.6 Å². The maximum Gasteiger partial charge on any atom is 0.125 e. The number of rotatable bonds is 2. The molecule has 0 amide bonds. The molecule has 82 valence electrons. The van der Waals surface area contributed by atoms with E-state index >= 15 is 0 Å². The van der Waals surface area contributed by atoms with Crippen molar-refractivity contribution in [1.29, 1.82) is 0 Å². The van der Waals surface area contributed by atoms with Crippen molar-refractivity contribution in [3.63, 3.8) is 0 Å². The summed E-state index contributed by atoms with van der Waals surface area (Å²) in [6.07, 6.45) is 2.89. The molecule has 0 spiro atoms. The summed E-state index contributed by atoms with van der Waals surface area (Å²) in [4.78, 5) is 0. The minimum Gasteiger partial charge on any atom is -0.609 e. The molecule has 0 aliphatic rings. The van der Waals surface area contributed by atoms with Crippen molar-refractivity contribution in [3.05, 3.63) is 36.0 Å². The van der Waals surface area contributed by atoms with Crippen LogP contribution in [0, 0.1) is 12.2 Å². The van der Waals surface area contributed by atoms with E-state index < -0.39 is 0 Å². The smallest absolute Gasteiger partial charge is 0.125 e. The van der Waals surface area contributed by atoms with Crippen LogP contribution in [0.4, 0.5) is 4.39 Å². The minimum atomic E-state index is -0.247. The second kappa shape index (κ2) is 4.00. The van der Waals surface area contributed by atoms with Gasteiger partial charge in [-0.05, 0) is 23.6 Å². The summed E-state index contributed by atoms with van der Waals surface area (Å²) in [5.41, 5.74) is 1.26. The third-order valence-electron chi connectivity index (χ3n) is 2.00. The molecule has 0 N–H and O–H groups in total. The molecule has 0 atom stereocenters. The zero-order chi connectivity index (χ0) is 9.97. The molecule has 2 rings (SSSR count). The molecule has 2 aromatic rings. The Kier molecular flexibility index (Phi) is 2.76. The van der Waals surface area contributed by atoms with Crippen molar-refractivity contribution < 1.29 is 8.81 Å². The van der Waals surface area contributed by atoms with E-state index in [9.17, 15) is 4.39 Å². The van der Waals surface area contributed by atoms with Gasteiger partial charge in [0, 0.05) is 0 Å². The van der Waals surface area contributed by atoms with E-state index in [1.807, 2.05) is 6.92 Å². The van der Waals surface area contributed by atoms with Gasteiger partial charge >= 0.3 is 0 Å². The Hall–Kier alpha value is -2.71. The maximum atomic E-state index is 13.3. The van der Waals surface area contributed by atoms with Gasteiger partial charge in [0.05, 0.1) is 12.3 Å². The zero-order valence-electron chi connectivity index (χ0n) is 7.94. The molecule has 0 unspecified atom stereocenters. The maximum absolute atomic E-state index is 13.3. The van der Waals surface area contributed by atoms with Crippen LogP contribution in [0.3, 0.4) is 0 Å². The fraction of sp³-hybridized carbons (Fsp3) is 0.200. The molecule has 1 heterocycles. The quantitative estimate of drug-likeness (QED) is 0.671. The van der Waals surface area contributed by atoms with Gasteiger partial charge in [-0.2, -0.15) is 0 Å². The van der Waals surface area contributed by atoms with Crippen LogP contribution in [0.2, 0.25) is 0 Å². The number of hydrogen-bond acceptors (Lipinski definition) is 3. The van der Waals surface area contributed by atoms with Crippen molar-refractivity contribution >= 4 is 0 Å². The van der Waals surface area contributed by atoms with E-state index in [2.05, 4.69) is 16.6 Å². The Morgan fingerprint density at radius 2 is 2.27 bits per heavy atom. The molecule has 15 heavy (non-hydrogen) atoms. The summed E-state index contributed by atoms with van der Waals surface area (Å²) >= 11 is 0. The van der Waals surface area contributed by atoms with E-state index in [1.54, 1.807) is 12.1 Å². The summed E-state index contributed by atoms with van der Waals surface area (Å²) in [5.74, 6) is 0.0368. The number of benzene rings is 1. The Morgan fingerprint density at radius 1 is 1.47 bits per heavy atom. The molecule has 1 aromatic heterocycles. The van der Waals surface area contributed by atoms with Gasteiger partial charge < -0.3 is 4.42 Å².